The average molecular weight is 232 g/mol. The Morgan fingerprint density at radius 1 is 1.24 bits per heavy atom. The van der Waals surface area contributed by atoms with Crippen molar-refractivity contribution in [2.45, 2.75) is 25.3 Å². The molecule has 0 radical (unpaired) electrons. The highest BCUT2D eigenvalue weighted by atomic mass is 16.5. The smallest absolute Gasteiger partial charge is 0.0575 e. The highest BCUT2D eigenvalue weighted by molar-refractivity contribution is 5.37. The number of rotatable bonds is 3. The van der Waals surface area contributed by atoms with Crippen LogP contribution in [0.3, 0.4) is 0 Å². The normalized spacial score (nSPS) is 22.9. The van der Waals surface area contributed by atoms with Crippen molar-refractivity contribution in [3.63, 3.8) is 0 Å². The standard InChI is InChI=1S/C14H20N2O/c15-7-14(8-17-9-14)13(16)12-5-4-10-2-1-3-11(10)6-12/h4-6,13H,1-3,7-9,15-16H2. The predicted octanol–water partition coefficient (Wildman–Crippen LogP) is 1.15. The first-order chi connectivity index (χ1) is 8.25. The molecule has 1 aliphatic carbocycles. The summed E-state index contributed by atoms with van der Waals surface area (Å²) in [5, 5.41) is 0. The number of hydrogen-bond acceptors (Lipinski definition) is 3. The van der Waals surface area contributed by atoms with E-state index in [9.17, 15) is 0 Å². The topological polar surface area (TPSA) is 61.3 Å². The van der Waals surface area contributed by atoms with E-state index in [2.05, 4.69) is 18.2 Å². The monoisotopic (exact) mass is 232 g/mol. The van der Waals surface area contributed by atoms with E-state index in [1.54, 1.807) is 0 Å². The van der Waals surface area contributed by atoms with Crippen LogP contribution in [-0.4, -0.2) is 19.8 Å². The van der Waals surface area contributed by atoms with Crippen LogP contribution in [0.2, 0.25) is 0 Å². The van der Waals surface area contributed by atoms with Gasteiger partial charge in [-0.15, -0.1) is 0 Å². The second kappa shape index (κ2) is 4.09. The third-order valence-electron chi connectivity index (χ3n) is 4.33. The molecule has 1 atom stereocenters. The lowest BCUT2D eigenvalue weighted by molar-refractivity contribution is -0.121. The van der Waals surface area contributed by atoms with Crippen LogP contribution in [0.1, 0.15) is 29.2 Å². The molecule has 1 aliphatic heterocycles. The molecule has 1 aromatic rings. The highest BCUT2D eigenvalue weighted by Crippen LogP contribution is 2.39. The van der Waals surface area contributed by atoms with Crippen molar-refractivity contribution in [2.24, 2.45) is 16.9 Å². The Labute approximate surface area is 102 Å². The molecule has 17 heavy (non-hydrogen) atoms. The summed E-state index contributed by atoms with van der Waals surface area (Å²) in [5.41, 5.74) is 16.4. The van der Waals surface area contributed by atoms with Gasteiger partial charge in [0.2, 0.25) is 0 Å². The van der Waals surface area contributed by atoms with Crippen molar-refractivity contribution >= 4 is 0 Å². The Balaban J connectivity index is 1.88. The lowest BCUT2D eigenvalue weighted by Crippen LogP contribution is -2.54. The number of nitrogens with two attached hydrogens (primary N) is 2. The summed E-state index contributed by atoms with van der Waals surface area (Å²) in [6.45, 7) is 1.99. The van der Waals surface area contributed by atoms with Crippen molar-refractivity contribution in [3.8, 4) is 0 Å². The minimum absolute atomic E-state index is 0.00662. The van der Waals surface area contributed by atoms with Crippen LogP contribution in [0.25, 0.3) is 0 Å². The van der Waals surface area contributed by atoms with E-state index in [-0.39, 0.29) is 11.5 Å². The third kappa shape index (κ3) is 1.69. The number of benzene rings is 1. The molecule has 1 fully saturated rings. The molecule has 0 spiro atoms. The van der Waals surface area contributed by atoms with Crippen LogP contribution in [0.15, 0.2) is 18.2 Å². The lowest BCUT2D eigenvalue weighted by Gasteiger charge is -2.45. The van der Waals surface area contributed by atoms with Crippen molar-refractivity contribution in [3.05, 3.63) is 34.9 Å². The Morgan fingerprint density at radius 2 is 2.00 bits per heavy atom. The molecule has 0 aromatic heterocycles. The van der Waals surface area contributed by atoms with E-state index in [1.165, 1.54) is 36.0 Å². The van der Waals surface area contributed by atoms with Gasteiger partial charge in [0.25, 0.3) is 0 Å². The molecule has 92 valence electrons. The first kappa shape index (κ1) is 11.2. The molecule has 0 saturated carbocycles. The van der Waals surface area contributed by atoms with Gasteiger partial charge >= 0.3 is 0 Å². The Morgan fingerprint density at radius 3 is 2.65 bits per heavy atom. The molecule has 1 aromatic carbocycles. The third-order valence-corrected chi connectivity index (χ3v) is 4.33. The van der Waals surface area contributed by atoms with Gasteiger partial charge in [-0.1, -0.05) is 18.2 Å². The van der Waals surface area contributed by atoms with Crippen LogP contribution in [0.5, 0.6) is 0 Å². The fourth-order valence-corrected chi connectivity index (χ4v) is 2.93. The van der Waals surface area contributed by atoms with Crippen LogP contribution in [-0.2, 0) is 17.6 Å². The van der Waals surface area contributed by atoms with Gasteiger partial charge in [-0.05, 0) is 36.0 Å². The number of fused-ring (bicyclic) bond motifs is 1. The summed E-state index contributed by atoms with van der Waals surface area (Å²) in [6, 6.07) is 6.70. The van der Waals surface area contributed by atoms with Crippen molar-refractivity contribution in [1.82, 2.24) is 0 Å². The largest absolute Gasteiger partial charge is 0.380 e. The van der Waals surface area contributed by atoms with Gasteiger partial charge in [0, 0.05) is 18.0 Å². The minimum Gasteiger partial charge on any atom is -0.380 e. The molecule has 0 bridgehead atoms. The summed E-state index contributed by atoms with van der Waals surface area (Å²) in [6.07, 6.45) is 3.69. The van der Waals surface area contributed by atoms with Gasteiger partial charge in [-0.3, -0.25) is 0 Å². The number of aryl methyl sites for hydroxylation is 2. The van der Waals surface area contributed by atoms with Gasteiger partial charge in [0.15, 0.2) is 0 Å². The number of hydrogen-bond donors (Lipinski definition) is 2. The van der Waals surface area contributed by atoms with Crippen LogP contribution >= 0.6 is 0 Å². The van der Waals surface area contributed by atoms with Gasteiger partial charge < -0.3 is 16.2 Å². The van der Waals surface area contributed by atoms with E-state index in [0.717, 1.165) is 0 Å². The zero-order valence-corrected chi connectivity index (χ0v) is 10.1. The maximum absolute atomic E-state index is 6.38. The average Bonchev–Trinajstić information content (AvgIpc) is 2.74. The zero-order chi connectivity index (χ0) is 11.9. The molecule has 3 rings (SSSR count). The maximum Gasteiger partial charge on any atom is 0.0575 e. The molecule has 1 heterocycles. The minimum atomic E-state index is -0.0349. The molecule has 1 unspecified atom stereocenters. The van der Waals surface area contributed by atoms with Crippen LogP contribution in [0, 0.1) is 5.41 Å². The van der Waals surface area contributed by atoms with Crippen molar-refractivity contribution in [2.75, 3.05) is 19.8 Å². The summed E-state index contributed by atoms with van der Waals surface area (Å²) in [7, 11) is 0. The Bertz CT molecular complexity index is 421. The molecular formula is C14H20N2O. The van der Waals surface area contributed by atoms with E-state index in [1.807, 2.05) is 0 Å². The van der Waals surface area contributed by atoms with Crippen LogP contribution in [0.4, 0.5) is 0 Å². The van der Waals surface area contributed by atoms with E-state index < -0.39 is 0 Å². The first-order valence-corrected chi connectivity index (χ1v) is 6.40. The molecule has 3 heteroatoms. The molecule has 2 aliphatic rings. The maximum atomic E-state index is 6.38. The molecule has 3 nitrogen and oxygen atoms in total. The summed E-state index contributed by atoms with van der Waals surface area (Å²) in [5.74, 6) is 0. The molecule has 4 N–H and O–H groups in total. The molecule has 1 saturated heterocycles. The summed E-state index contributed by atoms with van der Waals surface area (Å²) in [4.78, 5) is 0. The number of ether oxygens (including phenoxy) is 1. The van der Waals surface area contributed by atoms with Gasteiger partial charge in [0.1, 0.15) is 0 Å². The van der Waals surface area contributed by atoms with E-state index in [4.69, 9.17) is 16.2 Å². The SMILES string of the molecule is NCC1(C(N)c2ccc3c(c2)CCC3)COC1. The Kier molecular flexibility index (Phi) is 2.69. The van der Waals surface area contributed by atoms with E-state index in [0.29, 0.717) is 19.8 Å². The Hall–Kier alpha value is -0.900. The zero-order valence-electron chi connectivity index (χ0n) is 10.1. The summed E-state index contributed by atoms with van der Waals surface area (Å²) < 4.78 is 5.30. The molecular weight excluding hydrogens is 212 g/mol. The van der Waals surface area contributed by atoms with E-state index >= 15 is 0 Å². The van der Waals surface area contributed by atoms with Crippen LogP contribution < -0.4 is 11.5 Å². The molecule has 0 amide bonds. The van der Waals surface area contributed by atoms with Crippen molar-refractivity contribution < 1.29 is 4.74 Å². The fourth-order valence-electron chi connectivity index (χ4n) is 2.93. The second-order valence-electron chi connectivity index (χ2n) is 5.42. The lowest BCUT2D eigenvalue weighted by atomic mass is 9.75. The van der Waals surface area contributed by atoms with Crippen molar-refractivity contribution in [1.29, 1.82) is 0 Å². The first-order valence-electron chi connectivity index (χ1n) is 6.40. The highest BCUT2D eigenvalue weighted by Gasteiger charge is 2.43. The predicted molar refractivity (Wildman–Crippen MR) is 67.7 cm³/mol. The quantitative estimate of drug-likeness (QED) is 0.822. The fraction of sp³-hybridized carbons (Fsp3) is 0.571. The van der Waals surface area contributed by atoms with Gasteiger partial charge in [0.05, 0.1) is 13.2 Å². The summed E-state index contributed by atoms with van der Waals surface area (Å²) >= 11 is 0. The van der Waals surface area contributed by atoms with Gasteiger partial charge in [-0.25, -0.2) is 0 Å². The van der Waals surface area contributed by atoms with Gasteiger partial charge in [-0.2, -0.15) is 0 Å². The second-order valence-corrected chi connectivity index (χ2v) is 5.42.